The van der Waals surface area contributed by atoms with Gasteiger partial charge in [-0.25, -0.2) is 0 Å². The van der Waals surface area contributed by atoms with Gasteiger partial charge >= 0.3 is 0 Å². The zero-order valence-corrected chi connectivity index (χ0v) is 13.3. The third kappa shape index (κ3) is 3.22. The van der Waals surface area contributed by atoms with Gasteiger partial charge in [-0.15, -0.1) is 11.3 Å². The van der Waals surface area contributed by atoms with Gasteiger partial charge in [-0.05, 0) is 51.4 Å². The van der Waals surface area contributed by atoms with Crippen molar-refractivity contribution in [3.05, 3.63) is 15.4 Å². The predicted octanol–water partition coefficient (Wildman–Crippen LogP) is 3.58. The molecule has 2 fully saturated rings. The Labute approximate surface area is 124 Å². The van der Waals surface area contributed by atoms with E-state index in [2.05, 4.69) is 23.4 Å². The van der Waals surface area contributed by atoms with E-state index in [1.807, 2.05) is 0 Å². The smallest absolute Gasteiger partial charge is 0.248 e. The number of aromatic nitrogens is 1. The van der Waals surface area contributed by atoms with E-state index in [1.165, 1.54) is 49.1 Å². The summed E-state index contributed by atoms with van der Waals surface area (Å²) in [6, 6.07) is 0. The number of carbonyl (C=O) groups excluding carboxylic acids is 1. The van der Waals surface area contributed by atoms with Gasteiger partial charge < -0.3 is 4.57 Å². The SMILES string of the molecule is Cc1sc(=NC(=O)CC2CCCC2)n(CC2CC2)c1C. The van der Waals surface area contributed by atoms with E-state index in [9.17, 15) is 4.79 Å². The molecule has 110 valence electrons. The van der Waals surface area contributed by atoms with E-state index in [0.29, 0.717) is 12.3 Å². The summed E-state index contributed by atoms with van der Waals surface area (Å²) < 4.78 is 2.27. The van der Waals surface area contributed by atoms with Crippen molar-refractivity contribution >= 4 is 17.2 Å². The Morgan fingerprint density at radius 3 is 2.55 bits per heavy atom. The van der Waals surface area contributed by atoms with Crippen LogP contribution in [0.3, 0.4) is 0 Å². The molecule has 1 aromatic heterocycles. The van der Waals surface area contributed by atoms with Crippen molar-refractivity contribution in [3.63, 3.8) is 0 Å². The first-order valence-electron chi connectivity index (χ1n) is 7.88. The third-order valence-corrected chi connectivity index (χ3v) is 5.78. The van der Waals surface area contributed by atoms with Gasteiger partial charge in [0.15, 0.2) is 4.80 Å². The first-order valence-corrected chi connectivity index (χ1v) is 8.69. The molecule has 0 aromatic carbocycles. The quantitative estimate of drug-likeness (QED) is 0.835. The Hall–Kier alpha value is -0.900. The van der Waals surface area contributed by atoms with Crippen LogP contribution in [0.1, 0.15) is 55.5 Å². The summed E-state index contributed by atoms with van der Waals surface area (Å²) >= 11 is 1.67. The number of hydrogen-bond acceptors (Lipinski definition) is 2. The first-order chi connectivity index (χ1) is 9.63. The molecule has 0 spiro atoms. The van der Waals surface area contributed by atoms with Crippen molar-refractivity contribution in [3.8, 4) is 0 Å². The standard InChI is InChI=1S/C16H24N2OS/c1-11-12(2)20-16(18(11)10-14-7-8-14)17-15(19)9-13-5-3-4-6-13/h13-14H,3-10H2,1-2H3. The van der Waals surface area contributed by atoms with Gasteiger partial charge in [-0.2, -0.15) is 4.99 Å². The molecule has 4 heteroatoms. The van der Waals surface area contributed by atoms with Crippen molar-refractivity contribution in [2.75, 3.05) is 0 Å². The molecule has 1 amide bonds. The number of thiazole rings is 1. The summed E-state index contributed by atoms with van der Waals surface area (Å²) in [7, 11) is 0. The normalized spacial score (nSPS) is 20.8. The molecule has 2 aliphatic rings. The largest absolute Gasteiger partial charge is 0.320 e. The topological polar surface area (TPSA) is 34.4 Å². The summed E-state index contributed by atoms with van der Waals surface area (Å²) in [5.41, 5.74) is 1.29. The van der Waals surface area contributed by atoms with E-state index >= 15 is 0 Å². The number of aryl methyl sites for hydroxylation is 1. The lowest BCUT2D eigenvalue weighted by Crippen LogP contribution is -2.19. The van der Waals surface area contributed by atoms with E-state index < -0.39 is 0 Å². The molecule has 20 heavy (non-hydrogen) atoms. The van der Waals surface area contributed by atoms with Crippen LogP contribution < -0.4 is 4.80 Å². The molecule has 2 aliphatic carbocycles. The first kappa shape index (κ1) is 14.1. The third-order valence-electron chi connectivity index (χ3n) is 4.69. The molecule has 0 saturated heterocycles. The number of nitrogens with zero attached hydrogens (tertiary/aromatic N) is 2. The van der Waals surface area contributed by atoms with Crippen LogP contribution in [0.5, 0.6) is 0 Å². The van der Waals surface area contributed by atoms with Crippen molar-refractivity contribution in [2.45, 2.75) is 65.3 Å². The Bertz CT molecular complexity index is 560. The number of amides is 1. The minimum atomic E-state index is 0.0858. The number of carbonyl (C=O) groups is 1. The Morgan fingerprint density at radius 2 is 1.90 bits per heavy atom. The zero-order valence-electron chi connectivity index (χ0n) is 12.5. The van der Waals surface area contributed by atoms with Crippen LogP contribution >= 0.6 is 11.3 Å². The summed E-state index contributed by atoms with van der Waals surface area (Å²) in [6.45, 7) is 5.32. The molecule has 0 N–H and O–H groups in total. The fourth-order valence-electron chi connectivity index (χ4n) is 3.07. The van der Waals surface area contributed by atoms with Crippen LogP contribution in [0.2, 0.25) is 0 Å². The van der Waals surface area contributed by atoms with E-state index in [1.54, 1.807) is 11.3 Å². The maximum absolute atomic E-state index is 12.2. The maximum Gasteiger partial charge on any atom is 0.248 e. The molecule has 0 atom stereocenters. The van der Waals surface area contributed by atoms with Crippen LogP contribution in [-0.4, -0.2) is 10.5 Å². The molecule has 0 aliphatic heterocycles. The highest BCUT2D eigenvalue weighted by Crippen LogP contribution is 2.31. The van der Waals surface area contributed by atoms with E-state index in [4.69, 9.17) is 0 Å². The Balaban J connectivity index is 1.78. The number of hydrogen-bond donors (Lipinski definition) is 0. The predicted molar refractivity (Wildman–Crippen MR) is 81.7 cm³/mol. The molecule has 0 unspecified atom stereocenters. The summed E-state index contributed by atoms with van der Waals surface area (Å²) in [5, 5.41) is 0. The summed E-state index contributed by atoms with van der Waals surface area (Å²) in [6.07, 6.45) is 8.32. The van der Waals surface area contributed by atoms with Gasteiger partial charge in [0.2, 0.25) is 5.91 Å². The minimum absolute atomic E-state index is 0.0858. The van der Waals surface area contributed by atoms with Crippen LogP contribution in [-0.2, 0) is 11.3 Å². The van der Waals surface area contributed by atoms with Gasteiger partial charge in [0.1, 0.15) is 0 Å². The molecule has 1 heterocycles. The molecule has 3 rings (SSSR count). The molecule has 0 radical (unpaired) electrons. The van der Waals surface area contributed by atoms with Crippen molar-refractivity contribution in [1.29, 1.82) is 0 Å². The molecular weight excluding hydrogens is 268 g/mol. The van der Waals surface area contributed by atoms with Crippen LogP contribution in [0.25, 0.3) is 0 Å². The van der Waals surface area contributed by atoms with E-state index in [-0.39, 0.29) is 5.91 Å². The summed E-state index contributed by atoms with van der Waals surface area (Å²) in [4.78, 5) is 18.8. The lowest BCUT2D eigenvalue weighted by molar-refractivity contribution is -0.118. The lowest BCUT2D eigenvalue weighted by atomic mass is 10.0. The second kappa shape index (κ2) is 5.84. The lowest BCUT2D eigenvalue weighted by Gasteiger charge is -2.06. The van der Waals surface area contributed by atoms with Gasteiger partial charge in [-0.3, -0.25) is 4.79 Å². The summed E-state index contributed by atoms with van der Waals surface area (Å²) in [5.74, 6) is 1.49. The fraction of sp³-hybridized carbons (Fsp3) is 0.750. The monoisotopic (exact) mass is 292 g/mol. The van der Waals surface area contributed by atoms with Crippen LogP contribution in [0, 0.1) is 25.7 Å². The van der Waals surface area contributed by atoms with Gasteiger partial charge in [0.05, 0.1) is 0 Å². The second-order valence-electron chi connectivity index (χ2n) is 6.44. The van der Waals surface area contributed by atoms with Crippen molar-refractivity contribution in [1.82, 2.24) is 4.57 Å². The Kier molecular flexibility index (Phi) is 4.11. The molecule has 0 bridgehead atoms. The minimum Gasteiger partial charge on any atom is -0.320 e. The molecule has 3 nitrogen and oxygen atoms in total. The highest BCUT2D eigenvalue weighted by Gasteiger charge is 2.24. The van der Waals surface area contributed by atoms with Crippen LogP contribution in [0.15, 0.2) is 4.99 Å². The zero-order chi connectivity index (χ0) is 14.1. The highest BCUT2D eigenvalue weighted by atomic mass is 32.1. The van der Waals surface area contributed by atoms with Crippen molar-refractivity contribution < 1.29 is 4.79 Å². The molecular formula is C16H24N2OS. The van der Waals surface area contributed by atoms with Gasteiger partial charge in [-0.1, -0.05) is 12.8 Å². The van der Waals surface area contributed by atoms with Crippen molar-refractivity contribution in [2.24, 2.45) is 16.8 Å². The molecule has 1 aromatic rings. The van der Waals surface area contributed by atoms with Crippen LogP contribution in [0.4, 0.5) is 0 Å². The van der Waals surface area contributed by atoms with E-state index in [0.717, 1.165) is 17.3 Å². The highest BCUT2D eigenvalue weighted by molar-refractivity contribution is 7.09. The number of rotatable bonds is 4. The average molecular weight is 292 g/mol. The van der Waals surface area contributed by atoms with Gasteiger partial charge in [0.25, 0.3) is 0 Å². The average Bonchev–Trinajstić information content (AvgIpc) is 3.02. The molecule has 2 saturated carbocycles. The van der Waals surface area contributed by atoms with Gasteiger partial charge in [0, 0.05) is 23.5 Å². The fourth-order valence-corrected chi connectivity index (χ4v) is 4.07. The maximum atomic E-state index is 12.2. The Morgan fingerprint density at radius 1 is 1.20 bits per heavy atom. The second-order valence-corrected chi connectivity index (χ2v) is 7.62.